The third-order valence-electron chi connectivity index (χ3n) is 3.80. The molecule has 0 spiro atoms. The summed E-state index contributed by atoms with van der Waals surface area (Å²) in [5.74, 6) is -0.757. The second kappa shape index (κ2) is 4.26. The molecule has 1 heterocycles. The second-order valence-corrected chi connectivity index (χ2v) is 5.10. The van der Waals surface area contributed by atoms with Crippen LogP contribution in [0.15, 0.2) is 24.3 Å². The molecule has 0 aromatic heterocycles. The number of ether oxygens (including phenoxy) is 1. The van der Waals surface area contributed by atoms with Crippen molar-refractivity contribution in [3.05, 3.63) is 29.8 Å². The lowest BCUT2D eigenvalue weighted by molar-refractivity contribution is -0.143. The number of rotatable bonds is 3. The van der Waals surface area contributed by atoms with Crippen LogP contribution in [0.2, 0.25) is 0 Å². The highest BCUT2D eigenvalue weighted by molar-refractivity contribution is 5.92. The molecule has 1 aliphatic carbocycles. The van der Waals surface area contributed by atoms with Crippen LogP contribution in [0.4, 0.5) is 0 Å². The number of amides is 1. The average molecular weight is 261 g/mol. The van der Waals surface area contributed by atoms with Gasteiger partial charge in [-0.2, -0.15) is 0 Å². The summed E-state index contributed by atoms with van der Waals surface area (Å²) in [6.45, 7) is 0.481. The second-order valence-electron chi connectivity index (χ2n) is 5.10. The quantitative estimate of drug-likeness (QED) is 0.859. The van der Waals surface area contributed by atoms with E-state index in [9.17, 15) is 9.59 Å². The minimum absolute atomic E-state index is 0.212. The van der Waals surface area contributed by atoms with Crippen molar-refractivity contribution < 1.29 is 19.4 Å². The van der Waals surface area contributed by atoms with Crippen molar-refractivity contribution in [1.29, 1.82) is 0 Å². The Bertz CT molecular complexity index is 536. The number of carbonyl (C=O) groups excluding carboxylic acids is 1. The SMILES string of the molecule is O=C(NC1(C(=O)O)CC1)C1CCOc2ccccc21. The molecule has 1 fully saturated rings. The normalized spacial score (nSPS) is 22.8. The molecule has 0 radical (unpaired) electrons. The summed E-state index contributed by atoms with van der Waals surface area (Å²) in [6.07, 6.45) is 1.61. The van der Waals surface area contributed by atoms with Crippen molar-refractivity contribution in [3.8, 4) is 5.75 Å². The van der Waals surface area contributed by atoms with Crippen molar-refractivity contribution in [2.45, 2.75) is 30.7 Å². The summed E-state index contributed by atoms with van der Waals surface area (Å²) in [7, 11) is 0. The van der Waals surface area contributed by atoms with Gasteiger partial charge < -0.3 is 15.2 Å². The highest BCUT2D eigenvalue weighted by Crippen LogP contribution is 2.38. The van der Waals surface area contributed by atoms with E-state index in [1.54, 1.807) is 0 Å². The molecule has 1 saturated carbocycles. The van der Waals surface area contributed by atoms with Gasteiger partial charge in [-0.15, -0.1) is 0 Å². The summed E-state index contributed by atoms with van der Waals surface area (Å²) in [6, 6.07) is 7.41. The number of hydrogen-bond acceptors (Lipinski definition) is 3. The Labute approximate surface area is 110 Å². The first kappa shape index (κ1) is 12.0. The van der Waals surface area contributed by atoms with E-state index in [-0.39, 0.29) is 11.8 Å². The van der Waals surface area contributed by atoms with E-state index < -0.39 is 11.5 Å². The smallest absolute Gasteiger partial charge is 0.329 e. The molecule has 1 unspecified atom stereocenters. The van der Waals surface area contributed by atoms with Gasteiger partial charge in [-0.3, -0.25) is 4.79 Å². The standard InChI is InChI=1S/C14H15NO4/c16-12(15-14(6-7-14)13(17)18)10-5-8-19-11-4-2-1-3-9(10)11/h1-4,10H,5-8H2,(H,15,16)(H,17,18). The van der Waals surface area contributed by atoms with Crippen LogP contribution >= 0.6 is 0 Å². The van der Waals surface area contributed by atoms with Gasteiger partial charge in [-0.05, 0) is 25.3 Å². The average Bonchev–Trinajstić information content (AvgIpc) is 3.19. The Hall–Kier alpha value is -2.04. The van der Waals surface area contributed by atoms with Crippen LogP contribution in [-0.4, -0.2) is 29.1 Å². The van der Waals surface area contributed by atoms with Crippen molar-refractivity contribution in [2.75, 3.05) is 6.61 Å². The molecular formula is C14H15NO4. The van der Waals surface area contributed by atoms with Gasteiger partial charge in [-0.1, -0.05) is 18.2 Å². The Kier molecular flexibility index (Phi) is 2.69. The topological polar surface area (TPSA) is 75.6 Å². The van der Waals surface area contributed by atoms with Gasteiger partial charge in [0.25, 0.3) is 0 Å². The lowest BCUT2D eigenvalue weighted by Gasteiger charge is -2.26. The van der Waals surface area contributed by atoms with Gasteiger partial charge in [-0.25, -0.2) is 4.79 Å². The summed E-state index contributed by atoms with van der Waals surface area (Å²) in [5, 5.41) is 11.8. The third-order valence-corrected chi connectivity index (χ3v) is 3.80. The molecule has 0 saturated heterocycles. The van der Waals surface area contributed by atoms with E-state index in [4.69, 9.17) is 9.84 Å². The van der Waals surface area contributed by atoms with E-state index >= 15 is 0 Å². The number of hydrogen-bond donors (Lipinski definition) is 2. The molecule has 1 amide bonds. The zero-order chi connectivity index (χ0) is 13.5. The highest BCUT2D eigenvalue weighted by Gasteiger charge is 2.52. The number of carboxylic acids is 1. The number of carbonyl (C=O) groups is 2. The Morgan fingerprint density at radius 2 is 2.05 bits per heavy atom. The first-order chi connectivity index (χ1) is 9.12. The third kappa shape index (κ3) is 2.05. The van der Waals surface area contributed by atoms with Gasteiger partial charge >= 0.3 is 5.97 Å². The van der Waals surface area contributed by atoms with Crippen LogP contribution in [0.5, 0.6) is 5.75 Å². The van der Waals surface area contributed by atoms with Gasteiger partial charge in [0, 0.05) is 5.56 Å². The molecule has 0 bridgehead atoms. The minimum Gasteiger partial charge on any atom is -0.493 e. The van der Waals surface area contributed by atoms with E-state index in [0.29, 0.717) is 31.6 Å². The maximum Gasteiger partial charge on any atom is 0.329 e. The summed E-state index contributed by atoms with van der Waals surface area (Å²) < 4.78 is 5.50. The van der Waals surface area contributed by atoms with Crippen LogP contribution in [0.1, 0.15) is 30.7 Å². The number of para-hydroxylation sites is 1. The van der Waals surface area contributed by atoms with Gasteiger partial charge in [0.2, 0.25) is 5.91 Å². The van der Waals surface area contributed by atoms with Crippen molar-refractivity contribution in [3.63, 3.8) is 0 Å². The van der Waals surface area contributed by atoms with Gasteiger partial charge in [0.1, 0.15) is 11.3 Å². The van der Waals surface area contributed by atoms with Crippen molar-refractivity contribution in [2.24, 2.45) is 0 Å². The highest BCUT2D eigenvalue weighted by atomic mass is 16.5. The number of fused-ring (bicyclic) bond motifs is 1. The van der Waals surface area contributed by atoms with Gasteiger partial charge in [0.05, 0.1) is 12.5 Å². The van der Waals surface area contributed by atoms with E-state index in [0.717, 1.165) is 5.56 Å². The largest absolute Gasteiger partial charge is 0.493 e. The number of carboxylic acid groups (broad SMARTS) is 1. The molecule has 2 aliphatic rings. The molecule has 1 aromatic carbocycles. The molecule has 1 aromatic rings. The lowest BCUT2D eigenvalue weighted by Crippen LogP contribution is -2.45. The van der Waals surface area contributed by atoms with Crippen LogP contribution < -0.4 is 10.1 Å². The van der Waals surface area contributed by atoms with Crippen molar-refractivity contribution >= 4 is 11.9 Å². The molecule has 5 heteroatoms. The molecule has 3 rings (SSSR count). The van der Waals surface area contributed by atoms with Crippen molar-refractivity contribution in [1.82, 2.24) is 5.32 Å². The minimum atomic E-state index is -1.02. The predicted molar refractivity (Wildman–Crippen MR) is 67.0 cm³/mol. The van der Waals surface area contributed by atoms with E-state index in [2.05, 4.69) is 5.32 Å². The van der Waals surface area contributed by atoms with Crippen LogP contribution in [0, 0.1) is 0 Å². The summed E-state index contributed by atoms with van der Waals surface area (Å²) in [4.78, 5) is 23.4. The number of benzene rings is 1. The zero-order valence-corrected chi connectivity index (χ0v) is 10.4. The number of nitrogens with one attached hydrogen (secondary N) is 1. The zero-order valence-electron chi connectivity index (χ0n) is 10.4. The monoisotopic (exact) mass is 261 g/mol. The summed E-state index contributed by atoms with van der Waals surface area (Å²) in [5.41, 5.74) is -0.183. The molecule has 2 N–H and O–H groups in total. The molecule has 19 heavy (non-hydrogen) atoms. The Morgan fingerprint density at radius 1 is 1.32 bits per heavy atom. The van der Waals surface area contributed by atoms with E-state index in [1.807, 2.05) is 24.3 Å². The van der Waals surface area contributed by atoms with E-state index in [1.165, 1.54) is 0 Å². The fraction of sp³-hybridized carbons (Fsp3) is 0.429. The first-order valence-electron chi connectivity index (χ1n) is 6.39. The summed E-state index contributed by atoms with van der Waals surface area (Å²) >= 11 is 0. The first-order valence-corrected chi connectivity index (χ1v) is 6.39. The maximum absolute atomic E-state index is 12.3. The molecular weight excluding hydrogens is 246 g/mol. The Balaban J connectivity index is 1.80. The van der Waals surface area contributed by atoms with Crippen LogP contribution in [0.25, 0.3) is 0 Å². The molecule has 100 valence electrons. The maximum atomic E-state index is 12.3. The fourth-order valence-corrected chi connectivity index (χ4v) is 2.45. The van der Waals surface area contributed by atoms with Gasteiger partial charge in [0.15, 0.2) is 0 Å². The molecule has 1 aliphatic heterocycles. The van der Waals surface area contributed by atoms with Crippen LogP contribution in [-0.2, 0) is 9.59 Å². The van der Waals surface area contributed by atoms with Crippen LogP contribution in [0.3, 0.4) is 0 Å². The molecule has 1 atom stereocenters. The Morgan fingerprint density at radius 3 is 2.74 bits per heavy atom. The predicted octanol–water partition coefficient (Wildman–Crippen LogP) is 1.29. The fourth-order valence-electron chi connectivity index (χ4n) is 2.45. The molecule has 5 nitrogen and oxygen atoms in total. The lowest BCUT2D eigenvalue weighted by atomic mass is 9.92. The number of aliphatic carboxylic acids is 1.